The third kappa shape index (κ3) is 3.75. The summed E-state index contributed by atoms with van der Waals surface area (Å²) in [6, 6.07) is 15.0. The van der Waals surface area contributed by atoms with Crippen LogP contribution in [0.3, 0.4) is 0 Å². The lowest BCUT2D eigenvalue weighted by atomic mass is 9.96. The monoisotopic (exact) mass is 337 g/mol. The molecule has 25 heavy (non-hydrogen) atoms. The van der Waals surface area contributed by atoms with Crippen LogP contribution in [0.25, 0.3) is 10.8 Å². The fraction of sp³-hybridized carbons (Fsp3) is 0.211. The van der Waals surface area contributed by atoms with E-state index >= 15 is 0 Å². The van der Waals surface area contributed by atoms with Gasteiger partial charge in [-0.05, 0) is 24.1 Å². The van der Waals surface area contributed by atoms with E-state index in [1.54, 1.807) is 18.3 Å². The molecule has 0 aliphatic heterocycles. The highest BCUT2D eigenvalue weighted by molar-refractivity contribution is 5.99. The third-order valence-electron chi connectivity index (χ3n) is 4.28. The van der Waals surface area contributed by atoms with Crippen LogP contribution in [0.1, 0.15) is 17.9 Å². The molecule has 0 fully saturated rings. The average Bonchev–Trinajstić information content (AvgIpc) is 2.65. The van der Waals surface area contributed by atoms with Gasteiger partial charge in [0, 0.05) is 48.6 Å². The molecule has 6 nitrogen and oxygen atoms in total. The summed E-state index contributed by atoms with van der Waals surface area (Å²) < 4.78 is 0. The first-order valence-electron chi connectivity index (χ1n) is 8.11. The van der Waals surface area contributed by atoms with Crippen LogP contribution in [0.5, 0.6) is 0 Å². The maximum atomic E-state index is 11.2. The number of benzene rings is 2. The molecule has 0 aliphatic carbocycles. The van der Waals surface area contributed by atoms with Gasteiger partial charge in [-0.2, -0.15) is 0 Å². The van der Waals surface area contributed by atoms with Gasteiger partial charge in [-0.1, -0.05) is 30.3 Å². The number of nitrogens with zero attached hydrogens (tertiary/aromatic N) is 2. The number of aromatic nitrogens is 1. The molecule has 0 spiro atoms. The Bertz CT molecular complexity index is 868. The van der Waals surface area contributed by atoms with Crippen LogP contribution in [0.2, 0.25) is 0 Å². The van der Waals surface area contributed by atoms with Gasteiger partial charge in [-0.15, -0.1) is 0 Å². The summed E-state index contributed by atoms with van der Waals surface area (Å²) in [5.41, 5.74) is 2.02. The Kier molecular flexibility index (Phi) is 5.20. The van der Waals surface area contributed by atoms with Crippen LogP contribution in [-0.2, 0) is 0 Å². The Morgan fingerprint density at radius 3 is 2.64 bits per heavy atom. The molecule has 2 N–H and O–H groups in total. The molecular formula is C19H19N3O3. The van der Waals surface area contributed by atoms with Crippen molar-refractivity contribution in [2.24, 2.45) is 0 Å². The number of nitro benzene ring substituents is 1. The van der Waals surface area contributed by atoms with Crippen molar-refractivity contribution >= 4 is 22.1 Å². The molecule has 0 radical (unpaired) electrons. The summed E-state index contributed by atoms with van der Waals surface area (Å²) >= 11 is 0. The van der Waals surface area contributed by atoms with Crippen LogP contribution in [0.15, 0.2) is 60.9 Å². The fourth-order valence-corrected chi connectivity index (χ4v) is 2.99. The number of anilines is 1. The van der Waals surface area contributed by atoms with Crippen molar-refractivity contribution in [2.45, 2.75) is 12.3 Å². The SMILES string of the molecule is O=[N+]([O-])c1ccc(NCC(CCO)c2ccccc2)c2ccncc12. The van der Waals surface area contributed by atoms with E-state index < -0.39 is 4.92 Å². The number of hydrogen-bond donors (Lipinski definition) is 2. The molecule has 128 valence electrons. The molecule has 0 aliphatic rings. The maximum Gasteiger partial charge on any atom is 0.278 e. The second kappa shape index (κ2) is 7.72. The van der Waals surface area contributed by atoms with E-state index in [1.165, 1.54) is 12.3 Å². The minimum atomic E-state index is -0.397. The molecule has 1 aromatic heterocycles. The van der Waals surface area contributed by atoms with E-state index in [0.717, 1.165) is 16.6 Å². The first-order valence-corrected chi connectivity index (χ1v) is 8.11. The Morgan fingerprint density at radius 1 is 1.12 bits per heavy atom. The van der Waals surface area contributed by atoms with Crippen LogP contribution >= 0.6 is 0 Å². The number of hydrogen-bond acceptors (Lipinski definition) is 5. The van der Waals surface area contributed by atoms with Gasteiger partial charge in [0.1, 0.15) is 0 Å². The van der Waals surface area contributed by atoms with Gasteiger partial charge in [0.15, 0.2) is 0 Å². The van der Waals surface area contributed by atoms with Crippen molar-refractivity contribution in [3.8, 4) is 0 Å². The highest BCUT2D eigenvalue weighted by Crippen LogP contribution is 2.31. The highest BCUT2D eigenvalue weighted by atomic mass is 16.6. The van der Waals surface area contributed by atoms with Gasteiger partial charge < -0.3 is 10.4 Å². The van der Waals surface area contributed by atoms with E-state index in [0.29, 0.717) is 18.4 Å². The Labute approximate surface area is 145 Å². The number of pyridine rings is 1. The molecule has 0 saturated heterocycles. The fourth-order valence-electron chi connectivity index (χ4n) is 2.99. The second-order valence-electron chi connectivity index (χ2n) is 5.81. The van der Waals surface area contributed by atoms with Gasteiger partial charge in [0.2, 0.25) is 0 Å². The summed E-state index contributed by atoms with van der Waals surface area (Å²) in [6.07, 6.45) is 3.78. The number of aliphatic hydroxyl groups is 1. The second-order valence-corrected chi connectivity index (χ2v) is 5.81. The van der Waals surface area contributed by atoms with Gasteiger partial charge >= 0.3 is 0 Å². The predicted molar refractivity (Wildman–Crippen MR) is 97.8 cm³/mol. The van der Waals surface area contributed by atoms with Crippen molar-refractivity contribution < 1.29 is 10.0 Å². The number of fused-ring (bicyclic) bond motifs is 1. The Morgan fingerprint density at radius 2 is 1.92 bits per heavy atom. The van der Waals surface area contributed by atoms with E-state index in [4.69, 9.17) is 0 Å². The van der Waals surface area contributed by atoms with Gasteiger partial charge in [-0.25, -0.2) is 0 Å². The van der Waals surface area contributed by atoms with Crippen molar-refractivity contribution in [3.05, 3.63) is 76.6 Å². The summed E-state index contributed by atoms with van der Waals surface area (Å²) in [4.78, 5) is 14.8. The Hall–Kier alpha value is -2.99. The zero-order valence-corrected chi connectivity index (χ0v) is 13.6. The lowest BCUT2D eigenvalue weighted by Crippen LogP contribution is -2.14. The van der Waals surface area contributed by atoms with Crippen molar-refractivity contribution in [2.75, 3.05) is 18.5 Å². The van der Waals surface area contributed by atoms with Crippen molar-refractivity contribution in [1.29, 1.82) is 0 Å². The number of non-ortho nitro benzene ring substituents is 1. The third-order valence-corrected chi connectivity index (χ3v) is 4.28. The van der Waals surface area contributed by atoms with Crippen LogP contribution < -0.4 is 5.32 Å². The summed E-state index contributed by atoms with van der Waals surface area (Å²) in [7, 11) is 0. The van der Waals surface area contributed by atoms with Crippen molar-refractivity contribution in [1.82, 2.24) is 4.98 Å². The van der Waals surface area contributed by atoms with Crippen molar-refractivity contribution in [3.63, 3.8) is 0 Å². The smallest absolute Gasteiger partial charge is 0.278 e. The number of rotatable bonds is 7. The van der Waals surface area contributed by atoms with E-state index in [2.05, 4.69) is 10.3 Å². The van der Waals surface area contributed by atoms with Crippen LogP contribution in [0, 0.1) is 10.1 Å². The number of nitro groups is 1. The first kappa shape index (κ1) is 16.9. The molecule has 3 rings (SSSR count). The highest BCUT2D eigenvalue weighted by Gasteiger charge is 2.16. The molecule has 1 atom stereocenters. The van der Waals surface area contributed by atoms with E-state index in [1.807, 2.05) is 30.3 Å². The lowest BCUT2D eigenvalue weighted by molar-refractivity contribution is -0.383. The molecule has 0 saturated carbocycles. The van der Waals surface area contributed by atoms with Crippen LogP contribution in [-0.4, -0.2) is 28.2 Å². The molecule has 1 unspecified atom stereocenters. The molecule has 0 bridgehead atoms. The van der Waals surface area contributed by atoms with E-state index in [9.17, 15) is 15.2 Å². The maximum absolute atomic E-state index is 11.2. The molecular weight excluding hydrogens is 318 g/mol. The van der Waals surface area contributed by atoms with Crippen LogP contribution in [0.4, 0.5) is 11.4 Å². The zero-order chi connectivity index (χ0) is 17.6. The first-order chi connectivity index (χ1) is 12.2. The van der Waals surface area contributed by atoms with Gasteiger partial charge in [0.05, 0.1) is 10.3 Å². The van der Waals surface area contributed by atoms with Gasteiger partial charge in [0.25, 0.3) is 5.69 Å². The topological polar surface area (TPSA) is 88.3 Å². The zero-order valence-electron chi connectivity index (χ0n) is 13.6. The molecule has 1 heterocycles. The molecule has 2 aromatic carbocycles. The number of aliphatic hydroxyl groups excluding tert-OH is 1. The average molecular weight is 337 g/mol. The molecule has 3 aromatic rings. The Balaban J connectivity index is 1.87. The normalized spacial score (nSPS) is 12.0. The summed E-state index contributed by atoms with van der Waals surface area (Å²) in [5.74, 6) is 0.151. The van der Waals surface area contributed by atoms with E-state index in [-0.39, 0.29) is 18.2 Å². The number of nitrogens with one attached hydrogen (secondary N) is 1. The van der Waals surface area contributed by atoms with Gasteiger partial charge in [-0.3, -0.25) is 15.1 Å². The molecule has 0 amide bonds. The minimum Gasteiger partial charge on any atom is -0.396 e. The predicted octanol–water partition coefficient (Wildman–Crippen LogP) is 3.72. The standard InChI is InChI=1S/C19H19N3O3/c23-11-9-15(14-4-2-1-3-5-14)12-21-18-6-7-19(22(24)25)17-13-20-10-8-16(17)18/h1-8,10,13,15,21,23H,9,11-12H2. The molecule has 6 heteroatoms. The quantitative estimate of drug-likeness (QED) is 0.507. The summed E-state index contributed by atoms with van der Waals surface area (Å²) in [5, 5.41) is 25.2. The lowest BCUT2D eigenvalue weighted by Gasteiger charge is -2.18. The largest absolute Gasteiger partial charge is 0.396 e. The minimum absolute atomic E-state index is 0.0450. The summed E-state index contributed by atoms with van der Waals surface area (Å²) in [6.45, 7) is 0.728.